The summed E-state index contributed by atoms with van der Waals surface area (Å²) in [6, 6.07) is 4.70. The molecule has 0 unspecified atom stereocenters. The molecule has 1 aliphatic carbocycles. The highest BCUT2D eigenvalue weighted by molar-refractivity contribution is 5.37. The van der Waals surface area contributed by atoms with Gasteiger partial charge in [0.2, 0.25) is 0 Å². The van der Waals surface area contributed by atoms with Gasteiger partial charge < -0.3 is 11.1 Å². The van der Waals surface area contributed by atoms with E-state index in [-0.39, 0.29) is 5.41 Å². The Morgan fingerprint density at radius 1 is 1.21 bits per heavy atom. The Morgan fingerprint density at radius 3 is 2.42 bits per heavy atom. The van der Waals surface area contributed by atoms with E-state index in [1.54, 1.807) is 0 Å². The second kappa shape index (κ2) is 5.91. The number of hydrogen-bond acceptors (Lipinski definition) is 3. The van der Waals surface area contributed by atoms with Crippen LogP contribution in [0.1, 0.15) is 52.0 Å². The average molecular weight is 261 g/mol. The van der Waals surface area contributed by atoms with E-state index in [1.807, 2.05) is 6.20 Å². The van der Waals surface area contributed by atoms with Gasteiger partial charge >= 0.3 is 0 Å². The summed E-state index contributed by atoms with van der Waals surface area (Å²) in [5.41, 5.74) is 7.38. The van der Waals surface area contributed by atoms with Crippen LogP contribution in [0.4, 0.5) is 5.82 Å². The summed E-state index contributed by atoms with van der Waals surface area (Å²) >= 11 is 0. The first kappa shape index (κ1) is 14.3. The third kappa shape index (κ3) is 4.20. The van der Waals surface area contributed by atoms with Gasteiger partial charge in [0, 0.05) is 18.8 Å². The Kier molecular flexibility index (Phi) is 4.46. The summed E-state index contributed by atoms with van der Waals surface area (Å²) in [7, 11) is 0. The smallest absolute Gasteiger partial charge is 0.125 e. The minimum Gasteiger partial charge on any atom is -0.370 e. The van der Waals surface area contributed by atoms with Crippen molar-refractivity contribution in [2.24, 2.45) is 11.7 Å². The minimum atomic E-state index is 0.172. The van der Waals surface area contributed by atoms with Gasteiger partial charge in [-0.25, -0.2) is 4.98 Å². The molecular formula is C16H27N3. The number of nitrogens with zero attached hydrogens (tertiary/aromatic N) is 1. The van der Waals surface area contributed by atoms with Gasteiger partial charge in [0.25, 0.3) is 0 Å². The normalized spacial score (nSPS) is 24.2. The number of aromatic nitrogens is 1. The zero-order valence-electron chi connectivity index (χ0n) is 12.4. The van der Waals surface area contributed by atoms with Crippen LogP contribution in [0, 0.1) is 5.92 Å². The molecule has 2 rings (SSSR count). The second-order valence-electron chi connectivity index (χ2n) is 6.84. The SMILES string of the molecule is CC(C)(C)c1ccc(NCC2CCC(N)CC2)nc1. The van der Waals surface area contributed by atoms with Crippen LogP contribution in [0.25, 0.3) is 0 Å². The fraction of sp³-hybridized carbons (Fsp3) is 0.688. The lowest BCUT2D eigenvalue weighted by Crippen LogP contribution is -2.29. The highest BCUT2D eigenvalue weighted by atomic mass is 15.0. The van der Waals surface area contributed by atoms with Crippen molar-refractivity contribution in [3.8, 4) is 0 Å². The van der Waals surface area contributed by atoms with Crippen molar-refractivity contribution in [2.45, 2.75) is 57.9 Å². The molecule has 0 spiro atoms. The van der Waals surface area contributed by atoms with Gasteiger partial charge in [0.15, 0.2) is 0 Å². The molecule has 0 bridgehead atoms. The molecule has 0 aromatic carbocycles. The summed E-state index contributed by atoms with van der Waals surface area (Å²) in [5, 5.41) is 3.46. The van der Waals surface area contributed by atoms with E-state index in [2.05, 4.69) is 43.2 Å². The molecule has 1 saturated carbocycles. The van der Waals surface area contributed by atoms with Crippen LogP contribution in [0.2, 0.25) is 0 Å². The Labute approximate surface area is 117 Å². The van der Waals surface area contributed by atoms with Crippen molar-refractivity contribution < 1.29 is 0 Å². The van der Waals surface area contributed by atoms with Crippen LogP contribution in [-0.4, -0.2) is 17.6 Å². The van der Waals surface area contributed by atoms with E-state index in [4.69, 9.17) is 5.73 Å². The summed E-state index contributed by atoms with van der Waals surface area (Å²) in [6.45, 7) is 7.65. The highest BCUT2D eigenvalue weighted by Gasteiger charge is 2.18. The van der Waals surface area contributed by atoms with Crippen LogP contribution in [0.3, 0.4) is 0 Å². The summed E-state index contributed by atoms with van der Waals surface area (Å²) in [4.78, 5) is 4.51. The third-order valence-corrected chi connectivity index (χ3v) is 4.09. The second-order valence-corrected chi connectivity index (χ2v) is 6.84. The van der Waals surface area contributed by atoms with Crippen LogP contribution in [0.15, 0.2) is 18.3 Å². The molecular weight excluding hydrogens is 234 g/mol. The quantitative estimate of drug-likeness (QED) is 0.877. The molecule has 0 saturated heterocycles. The number of nitrogens with two attached hydrogens (primary N) is 1. The lowest BCUT2D eigenvalue weighted by molar-refractivity contribution is 0.338. The van der Waals surface area contributed by atoms with Crippen LogP contribution < -0.4 is 11.1 Å². The number of anilines is 1. The van der Waals surface area contributed by atoms with E-state index in [1.165, 1.54) is 31.2 Å². The summed E-state index contributed by atoms with van der Waals surface area (Å²) in [6.07, 6.45) is 6.81. The van der Waals surface area contributed by atoms with Crippen LogP contribution in [0.5, 0.6) is 0 Å². The van der Waals surface area contributed by atoms with Crippen molar-refractivity contribution in [3.63, 3.8) is 0 Å². The Hall–Kier alpha value is -1.09. The molecule has 0 aliphatic heterocycles. The maximum absolute atomic E-state index is 5.93. The maximum Gasteiger partial charge on any atom is 0.125 e. The molecule has 1 aromatic rings. The highest BCUT2D eigenvalue weighted by Crippen LogP contribution is 2.24. The predicted molar refractivity (Wildman–Crippen MR) is 81.4 cm³/mol. The summed E-state index contributed by atoms with van der Waals surface area (Å²) in [5.74, 6) is 1.74. The number of rotatable bonds is 3. The van der Waals surface area contributed by atoms with Crippen molar-refractivity contribution in [2.75, 3.05) is 11.9 Å². The molecule has 3 heteroatoms. The number of nitrogens with one attached hydrogen (secondary N) is 1. The number of pyridine rings is 1. The molecule has 0 radical (unpaired) electrons. The molecule has 1 aromatic heterocycles. The van der Waals surface area contributed by atoms with E-state index in [0.717, 1.165) is 18.3 Å². The number of hydrogen-bond donors (Lipinski definition) is 2. The molecule has 1 heterocycles. The predicted octanol–water partition coefficient (Wildman–Crippen LogP) is 3.31. The van der Waals surface area contributed by atoms with E-state index < -0.39 is 0 Å². The summed E-state index contributed by atoms with van der Waals surface area (Å²) < 4.78 is 0. The average Bonchev–Trinajstić information content (AvgIpc) is 2.37. The molecule has 19 heavy (non-hydrogen) atoms. The van der Waals surface area contributed by atoms with Crippen molar-refractivity contribution in [3.05, 3.63) is 23.9 Å². The molecule has 106 valence electrons. The van der Waals surface area contributed by atoms with Gasteiger partial charge in [-0.2, -0.15) is 0 Å². The largest absolute Gasteiger partial charge is 0.370 e. The lowest BCUT2D eigenvalue weighted by atomic mass is 9.86. The topological polar surface area (TPSA) is 50.9 Å². The maximum atomic E-state index is 5.93. The van der Waals surface area contributed by atoms with Crippen LogP contribution >= 0.6 is 0 Å². The standard InChI is InChI=1S/C16H27N3/c1-16(2,3)13-6-9-15(19-11-13)18-10-12-4-7-14(17)8-5-12/h6,9,11-12,14H,4-5,7-8,10,17H2,1-3H3,(H,18,19). The third-order valence-electron chi connectivity index (χ3n) is 4.09. The van der Waals surface area contributed by atoms with Gasteiger partial charge in [-0.3, -0.25) is 0 Å². The first-order valence-electron chi connectivity index (χ1n) is 7.41. The molecule has 0 amide bonds. The van der Waals surface area contributed by atoms with Gasteiger partial charge in [0.05, 0.1) is 0 Å². The zero-order valence-corrected chi connectivity index (χ0v) is 12.4. The zero-order chi connectivity index (χ0) is 13.9. The van der Waals surface area contributed by atoms with Gasteiger partial charge in [-0.1, -0.05) is 26.8 Å². The fourth-order valence-corrected chi connectivity index (χ4v) is 2.58. The monoisotopic (exact) mass is 261 g/mol. The molecule has 1 aliphatic rings. The van der Waals surface area contributed by atoms with Gasteiger partial charge in [-0.05, 0) is 48.6 Å². The van der Waals surface area contributed by atoms with Crippen LogP contribution in [-0.2, 0) is 5.41 Å². The van der Waals surface area contributed by atoms with Crippen molar-refractivity contribution >= 4 is 5.82 Å². The van der Waals surface area contributed by atoms with Gasteiger partial charge in [-0.15, -0.1) is 0 Å². The first-order valence-corrected chi connectivity index (χ1v) is 7.41. The van der Waals surface area contributed by atoms with E-state index in [9.17, 15) is 0 Å². The Bertz CT molecular complexity index is 383. The molecule has 3 nitrogen and oxygen atoms in total. The van der Waals surface area contributed by atoms with Crippen molar-refractivity contribution in [1.29, 1.82) is 0 Å². The molecule has 3 N–H and O–H groups in total. The first-order chi connectivity index (χ1) is 8.95. The van der Waals surface area contributed by atoms with E-state index in [0.29, 0.717) is 6.04 Å². The van der Waals surface area contributed by atoms with E-state index >= 15 is 0 Å². The molecule has 1 fully saturated rings. The van der Waals surface area contributed by atoms with Crippen molar-refractivity contribution in [1.82, 2.24) is 4.98 Å². The van der Waals surface area contributed by atoms with Gasteiger partial charge in [0.1, 0.15) is 5.82 Å². The minimum absolute atomic E-state index is 0.172. The fourth-order valence-electron chi connectivity index (χ4n) is 2.58. The molecule has 0 atom stereocenters. The Morgan fingerprint density at radius 2 is 1.89 bits per heavy atom. The Balaban J connectivity index is 1.83. The lowest BCUT2D eigenvalue weighted by Gasteiger charge is -2.26.